The molecule has 2 aromatic rings. The first-order valence-electron chi connectivity index (χ1n) is 7.28. The van der Waals surface area contributed by atoms with Gasteiger partial charge in [0.1, 0.15) is 0 Å². The lowest BCUT2D eigenvalue weighted by molar-refractivity contribution is 1.02. The van der Waals surface area contributed by atoms with E-state index in [9.17, 15) is 0 Å². The normalized spacial score (nSPS) is 11.0. The van der Waals surface area contributed by atoms with Crippen molar-refractivity contribution >= 4 is 29.1 Å². The van der Waals surface area contributed by atoms with Crippen LogP contribution in [-0.2, 0) is 6.42 Å². The van der Waals surface area contributed by atoms with E-state index in [0.29, 0.717) is 10.7 Å². The minimum absolute atomic E-state index is 0.584. The molecule has 0 spiro atoms. The van der Waals surface area contributed by atoms with Gasteiger partial charge in [0, 0.05) is 24.1 Å². The number of rotatable bonds is 6. The molecular weight excluding hydrogens is 294 g/mol. The molecular formula is C18H22ClN3. The van der Waals surface area contributed by atoms with Crippen LogP contribution in [0.25, 0.3) is 6.08 Å². The molecule has 1 aromatic heterocycles. The molecule has 0 aliphatic heterocycles. The SMILES string of the molecule is C=C/C=C\c1c(CCNc2cc(Cl)c(N)cc2C)c[nH]c1C. The number of nitrogen functional groups attached to an aromatic ring is 1. The Kier molecular flexibility index (Phi) is 5.34. The Balaban J connectivity index is 2.04. The van der Waals surface area contributed by atoms with Gasteiger partial charge in [-0.15, -0.1) is 0 Å². The van der Waals surface area contributed by atoms with Crippen LogP contribution < -0.4 is 11.1 Å². The number of nitrogens with two attached hydrogens (primary N) is 1. The van der Waals surface area contributed by atoms with Crippen LogP contribution in [0.4, 0.5) is 11.4 Å². The minimum atomic E-state index is 0.584. The maximum Gasteiger partial charge on any atom is 0.0656 e. The molecule has 2 rings (SSSR count). The fourth-order valence-electron chi connectivity index (χ4n) is 2.42. The third kappa shape index (κ3) is 3.74. The quantitative estimate of drug-likeness (QED) is 0.533. The Bertz CT molecular complexity index is 699. The van der Waals surface area contributed by atoms with E-state index < -0.39 is 0 Å². The standard InChI is InChI=1S/C18H22ClN3/c1-4-5-6-15-13(3)22-11-14(15)7-8-21-18-10-16(19)17(20)9-12(18)2/h4-6,9-11,21-22H,1,7-8,20H2,2-3H3/b6-5-. The van der Waals surface area contributed by atoms with Crippen LogP contribution in [-0.4, -0.2) is 11.5 Å². The summed E-state index contributed by atoms with van der Waals surface area (Å²) in [5.41, 5.74) is 12.2. The summed E-state index contributed by atoms with van der Waals surface area (Å²) < 4.78 is 0. The first-order valence-corrected chi connectivity index (χ1v) is 7.66. The van der Waals surface area contributed by atoms with Gasteiger partial charge in [0.25, 0.3) is 0 Å². The summed E-state index contributed by atoms with van der Waals surface area (Å²) in [6.45, 7) is 8.64. The molecule has 0 radical (unpaired) electrons. The second-order valence-electron chi connectivity index (χ2n) is 5.31. The Morgan fingerprint density at radius 2 is 2.14 bits per heavy atom. The smallest absolute Gasteiger partial charge is 0.0656 e. The Morgan fingerprint density at radius 1 is 1.36 bits per heavy atom. The van der Waals surface area contributed by atoms with Crippen LogP contribution in [0.2, 0.25) is 5.02 Å². The molecule has 4 N–H and O–H groups in total. The number of anilines is 2. The zero-order chi connectivity index (χ0) is 16.1. The molecule has 4 heteroatoms. The first kappa shape index (κ1) is 16.2. The molecule has 0 bridgehead atoms. The van der Waals surface area contributed by atoms with E-state index in [4.69, 9.17) is 17.3 Å². The summed E-state index contributed by atoms with van der Waals surface area (Å²) >= 11 is 6.08. The third-order valence-electron chi connectivity index (χ3n) is 3.67. The van der Waals surface area contributed by atoms with Gasteiger partial charge in [-0.1, -0.05) is 36.4 Å². The van der Waals surface area contributed by atoms with Crippen molar-refractivity contribution in [2.75, 3.05) is 17.6 Å². The number of aromatic amines is 1. The molecule has 0 fully saturated rings. The number of nitrogens with one attached hydrogen (secondary N) is 2. The van der Waals surface area contributed by atoms with Crippen LogP contribution in [0.3, 0.4) is 0 Å². The highest BCUT2D eigenvalue weighted by Crippen LogP contribution is 2.26. The molecule has 1 heterocycles. The summed E-state index contributed by atoms with van der Waals surface area (Å²) in [6.07, 6.45) is 8.80. The summed E-state index contributed by atoms with van der Waals surface area (Å²) in [6, 6.07) is 3.77. The number of H-pyrrole nitrogens is 1. The molecule has 0 amide bonds. The van der Waals surface area contributed by atoms with E-state index in [2.05, 4.69) is 36.1 Å². The largest absolute Gasteiger partial charge is 0.398 e. The number of halogens is 1. The predicted octanol–water partition coefficient (Wildman–Crippen LogP) is 4.72. The second-order valence-corrected chi connectivity index (χ2v) is 5.72. The summed E-state index contributed by atoms with van der Waals surface area (Å²) in [5, 5.41) is 4.01. The molecule has 0 atom stereocenters. The topological polar surface area (TPSA) is 53.8 Å². The van der Waals surface area contributed by atoms with E-state index in [1.165, 1.54) is 16.8 Å². The summed E-state index contributed by atoms with van der Waals surface area (Å²) in [7, 11) is 0. The number of benzene rings is 1. The van der Waals surface area contributed by atoms with Crippen molar-refractivity contribution in [1.29, 1.82) is 0 Å². The number of aromatic nitrogens is 1. The van der Waals surface area contributed by atoms with Crippen molar-refractivity contribution in [2.45, 2.75) is 20.3 Å². The molecule has 0 unspecified atom stereocenters. The Labute approximate surface area is 136 Å². The number of hydrogen-bond donors (Lipinski definition) is 3. The zero-order valence-electron chi connectivity index (χ0n) is 13.0. The van der Waals surface area contributed by atoms with Crippen molar-refractivity contribution in [1.82, 2.24) is 4.98 Å². The lowest BCUT2D eigenvalue weighted by Gasteiger charge is -2.11. The van der Waals surface area contributed by atoms with Gasteiger partial charge in [-0.25, -0.2) is 0 Å². The Morgan fingerprint density at radius 3 is 2.86 bits per heavy atom. The molecule has 1 aromatic carbocycles. The highest BCUT2D eigenvalue weighted by Gasteiger charge is 2.06. The van der Waals surface area contributed by atoms with Gasteiger partial charge in [-0.05, 0) is 49.1 Å². The zero-order valence-corrected chi connectivity index (χ0v) is 13.8. The molecule has 0 aliphatic rings. The van der Waals surface area contributed by atoms with E-state index in [0.717, 1.165) is 24.2 Å². The number of aryl methyl sites for hydroxylation is 2. The van der Waals surface area contributed by atoms with Crippen molar-refractivity contribution < 1.29 is 0 Å². The van der Waals surface area contributed by atoms with Crippen molar-refractivity contribution in [2.24, 2.45) is 0 Å². The van der Waals surface area contributed by atoms with Gasteiger partial charge >= 0.3 is 0 Å². The lowest BCUT2D eigenvalue weighted by Crippen LogP contribution is -2.07. The maximum atomic E-state index is 6.08. The highest BCUT2D eigenvalue weighted by molar-refractivity contribution is 6.33. The van der Waals surface area contributed by atoms with Gasteiger partial charge in [0.2, 0.25) is 0 Å². The average molecular weight is 316 g/mol. The number of hydrogen-bond acceptors (Lipinski definition) is 2. The van der Waals surface area contributed by atoms with Crippen LogP contribution in [0.15, 0.2) is 37.1 Å². The van der Waals surface area contributed by atoms with Crippen LogP contribution in [0.1, 0.15) is 22.4 Å². The maximum absolute atomic E-state index is 6.08. The van der Waals surface area contributed by atoms with Gasteiger partial charge < -0.3 is 16.0 Å². The van der Waals surface area contributed by atoms with Gasteiger partial charge in [-0.3, -0.25) is 0 Å². The van der Waals surface area contributed by atoms with E-state index in [1.54, 1.807) is 6.08 Å². The third-order valence-corrected chi connectivity index (χ3v) is 3.99. The fourth-order valence-corrected chi connectivity index (χ4v) is 2.58. The van der Waals surface area contributed by atoms with Crippen molar-refractivity contribution in [3.05, 3.63) is 64.5 Å². The lowest BCUT2D eigenvalue weighted by atomic mass is 10.1. The summed E-state index contributed by atoms with van der Waals surface area (Å²) in [4.78, 5) is 3.27. The minimum Gasteiger partial charge on any atom is -0.398 e. The van der Waals surface area contributed by atoms with Gasteiger partial charge in [0.05, 0.1) is 10.7 Å². The van der Waals surface area contributed by atoms with Crippen LogP contribution >= 0.6 is 11.6 Å². The predicted molar refractivity (Wildman–Crippen MR) is 97.6 cm³/mol. The molecule has 3 nitrogen and oxygen atoms in total. The Hall–Kier alpha value is -2.13. The van der Waals surface area contributed by atoms with Crippen LogP contribution in [0, 0.1) is 13.8 Å². The average Bonchev–Trinajstić information content (AvgIpc) is 2.83. The monoisotopic (exact) mass is 315 g/mol. The van der Waals surface area contributed by atoms with E-state index in [-0.39, 0.29) is 0 Å². The fraction of sp³-hybridized carbons (Fsp3) is 0.222. The molecule has 0 saturated heterocycles. The number of allylic oxidation sites excluding steroid dienone is 2. The molecule has 22 heavy (non-hydrogen) atoms. The molecule has 0 aliphatic carbocycles. The van der Waals surface area contributed by atoms with E-state index in [1.807, 2.05) is 25.1 Å². The first-order chi connectivity index (χ1) is 10.5. The second kappa shape index (κ2) is 7.23. The molecule has 0 saturated carbocycles. The van der Waals surface area contributed by atoms with E-state index >= 15 is 0 Å². The highest BCUT2D eigenvalue weighted by atomic mass is 35.5. The van der Waals surface area contributed by atoms with Crippen molar-refractivity contribution in [3.63, 3.8) is 0 Å². The van der Waals surface area contributed by atoms with Crippen LogP contribution in [0.5, 0.6) is 0 Å². The van der Waals surface area contributed by atoms with Crippen molar-refractivity contribution in [3.8, 4) is 0 Å². The van der Waals surface area contributed by atoms with Gasteiger partial charge in [0.15, 0.2) is 0 Å². The van der Waals surface area contributed by atoms with Gasteiger partial charge in [-0.2, -0.15) is 0 Å². The molecule has 116 valence electrons. The summed E-state index contributed by atoms with van der Waals surface area (Å²) in [5.74, 6) is 0.